The molecule has 0 bridgehead atoms. The normalized spacial score (nSPS) is 19.1. The SMILES string of the molecule is CC1CCCCN1Cc1ccc(NC(=O)C(N)Cc2ccccc2)cc1. The van der Waals surface area contributed by atoms with Crippen LogP contribution in [0.25, 0.3) is 0 Å². The lowest BCUT2D eigenvalue weighted by molar-refractivity contribution is -0.117. The number of anilines is 1. The Morgan fingerprint density at radius 2 is 1.85 bits per heavy atom. The van der Waals surface area contributed by atoms with E-state index in [1.165, 1.54) is 31.4 Å². The molecule has 1 saturated heterocycles. The van der Waals surface area contributed by atoms with Crippen molar-refractivity contribution >= 4 is 11.6 Å². The van der Waals surface area contributed by atoms with Crippen molar-refractivity contribution < 1.29 is 4.79 Å². The first-order chi connectivity index (χ1) is 12.6. The molecule has 4 nitrogen and oxygen atoms in total. The van der Waals surface area contributed by atoms with Crippen molar-refractivity contribution in [3.05, 3.63) is 65.7 Å². The van der Waals surface area contributed by atoms with Crippen molar-refractivity contribution in [2.24, 2.45) is 5.73 Å². The maximum Gasteiger partial charge on any atom is 0.241 e. The third kappa shape index (κ3) is 5.16. The van der Waals surface area contributed by atoms with Crippen LogP contribution >= 0.6 is 0 Å². The molecule has 1 aliphatic rings. The molecule has 0 spiro atoms. The summed E-state index contributed by atoms with van der Waals surface area (Å²) < 4.78 is 0. The van der Waals surface area contributed by atoms with Gasteiger partial charge in [-0.2, -0.15) is 0 Å². The van der Waals surface area contributed by atoms with Gasteiger partial charge in [-0.25, -0.2) is 0 Å². The molecule has 2 aromatic rings. The third-order valence-corrected chi connectivity index (χ3v) is 5.18. The predicted molar refractivity (Wildman–Crippen MR) is 107 cm³/mol. The van der Waals surface area contributed by atoms with Crippen LogP contribution in [0, 0.1) is 0 Å². The van der Waals surface area contributed by atoms with Gasteiger partial charge in [-0.05, 0) is 56.0 Å². The molecule has 3 N–H and O–H groups in total. The minimum atomic E-state index is -0.550. The van der Waals surface area contributed by atoms with E-state index in [9.17, 15) is 4.79 Å². The molecule has 1 amide bonds. The number of nitrogens with one attached hydrogen (secondary N) is 1. The number of hydrogen-bond acceptors (Lipinski definition) is 3. The summed E-state index contributed by atoms with van der Waals surface area (Å²) >= 11 is 0. The zero-order chi connectivity index (χ0) is 18.4. The molecule has 0 saturated carbocycles. The second-order valence-electron chi connectivity index (χ2n) is 7.30. The van der Waals surface area contributed by atoms with Crippen molar-refractivity contribution in [3.63, 3.8) is 0 Å². The largest absolute Gasteiger partial charge is 0.325 e. The fourth-order valence-corrected chi connectivity index (χ4v) is 3.52. The molecule has 0 radical (unpaired) electrons. The van der Waals surface area contributed by atoms with Gasteiger partial charge in [-0.1, -0.05) is 48.9 Å². The fraction of sp³-hybridized carbons (Fsp3) is 0.409. The second kappa shape index (κ2) is 8.97. The predicted octanol–water partition coefficient (Wildman–Crippen LogP) is 3.57. The Balaban J connectivity index is 1.52. The molecule has 2 unspecified atom stereocenters. The summed E-state index contributed by atoms with van der Waals surface area (Å²) in [7, 11) is 0. The molecule has 2 aromatic carbocycles. The molecule has 0 aliphatic carbocycles. The summed E-state index contributed by atoms with van der Waals surface area (Å²) in [4.78, 5) is 14.9. The molecule has 2 atom stereocenters. The van der Waals surface area contributed by atoms with Crippen LogP contribution in [0.15, 0.2) is 54.6 Å². The minimum absolute atomic E-state index is 0.147. The van der Waals surface area contributed by atoms with Gasteiger partial charge in [0.15, 0.2) is 0 Å². The summed E-state index contributed by atoms with van der Waals surface area (Å²) in [5.74, 6) is -0.147. The van der Waals surface area contributed by atoms with Crippen molar-refractivity contribution in [1.29, 1.82) is 0 Å². The Hall–Kier alpha value is -2.17. The van der Waals surface area contributed by atoms with Crippen LogP contribution in [0.2, 0.25) is 0 Å². The highest BCUT2D eigenvalue weighted by atomic mass is 16.2. The third-order valence-electron chi connectivity index (χ3n) is 5.18. The summed E-state index contributed by atoms with van der Waals surface area (Å²) in [5.41, 5.74) is 9.20. The Kier molecular flexibility index (Phi) is 6.42. The Labute approximate surface area is 156 Å². The molecule has 26 heavy (non-hydrogen) atoms. The number of nitrogens with two attached hydrogens (primary N) is 1. The van der Waals surface area contributed by atoms with E-state index in [0.717, 1.165) is 17.8 Å². The maximum absolute atomic E-state index is 12.3. The van der Waals surface area contributed by atoms with Crippen LogP contribution < -0.4 is 11.1 Å². The monoisotopic (exact) mass is 351 g/mol. The van der Waals surface area contributed by atoms with E-state index in [4.69, 9.17) is 5.73 Å². The number of rotatable bonds is 6. The van der Waals surface area contributed by atoms with Crippen LogP contribution in [0.1, 0.15) is 37.3 Å². The number of carbonyl (C=O) groups excluding carboxylic acids is 1. The Morgan fingerprint density at radius 3 is 2.54 bits per heavy atom. The van der Waals surface area contributed by atoms with Crippen molar-refractivity contribution in [3.8, 4) is 0 Å². The van der Waals surface area contributed by atoms with Crippen LogP contribution in [-0.2, 0) is 17.8 Å². The van der Waals surface area contributed by atoms with E-state index in [1.807, 2.05) is 42.5 Å². The summed E-state index contributed by atoms with van der Waals surface area (Å²) in [5, 5.41) is 2.92. The fourth-order valence-electron chi connectivity index (χ4n) is 3.52. The summed E-state index contributed by atoms with van der Waals surface area (Å²) in [6, 6.07) is 18.1. The highest BCUT2D eigenvalue weighted by Crippen LogP contribution is 2.20. The van der Waals surface area contributed by atoms with Gasteiger partial charge in [0.1, 0.15) is 0 Å². The van der Waals surface area contributed by atoms with Gasteiger partial charge in [0.25, 0.3) is 0 Å². The summed E-state index contributed by atoms with van der Waals surface area (Å²) in [6.45, 7) is 4.46. The second-order valence-corrected chi connectivity index (χ2v) is 7.30. The number of carbonyl (C=O) groups is 1. The van der Waals surface area contributed by atoms with E-state index in [-0.39, 0.29) is 5.91 Å². The van der Waals surface area contributed by atoms with Crippen LogP contribution in [-0.4, -0.2) is 29.4 Å². The highest BCUT2D eigenvalue weighted by Gasteiger charge is 2.18. The Bertz CT molecular complexity index is 699. The van der Waals surface area contributed by atoms with E-state index in [2.05, 4.69) is 29.3 Å². The van der Waals surface area contributed by atoms with Crippen LogP contribution in [0.3, 0.4) is 0 Å². The quantitative estimate of drug-likeness (QED) is 0.836. The van der Waals surface area contributed by atoms with Gasteiger partial charge in [-0.15, -0.1) is 0 Å². The zero-order valence-corrected chi connectivity index (χ0v) is 15.5. The van der Waals surface area contributed by atoms with E-state index >= 15 is 0 Å². The lowest BCUT2D eigenvalue weighted by Gasteiger charge is -2.33. The minimum Gasteiger partial charge on any atom is -0.325 e. The van der Waals surface area contributed by atoms with Crippen LogP contribution in [0.5, 0.6) is 0 Å². The highest BCUT2D eigenvalue weighted by molar-refractivity contribution is 5.94. The van der Waals surface area contributed by atoms with E-state index in [1.54, 1.807) is 0 Å². The number of nitrogens with zero attached hydrogens (tertiary/aromatic N) is 1. The number of hydrogen-bond donors (Lipinski definition) is 2. The Morgan fingerprint density at radius 1 is 1.12 bits per heavy atom. The lowest BCUT2D eigenvalue weighted by Crippen LogP contribution is -2.37. The van der Waals surface area contributed by atoms with Gasteiger partial charge in [-0.3, -0.25) is 9.69 Å². The smallest absolute Gasteiger partial charge is 0.241 e. The molecular weight excluding hydrogens is 322 g/mol. The lowest BCUT2D eigenvalue weighted by atomic mass is 10.0. The first kappa shape index (κ1) is 18.6. The van der Waals surface area contributed by atoms with Crippen molar-refractivity contribution in [1.82, 2.24) is 4.90 Å². The van der Waals surface area contributed by atoms with Crippen molar-refractivity contribution in [2.45, 2.75) is 51.2 Å². The van der Waals surface area contributed by atoms with Gasteiger partial charge in [0, 0.05) is 18.3 Å². The maximum atomic E-state index is 12.3. The average Bonchev–Trinajstić information content (AvgIpc) is 2.66. The van der Waals surface area contributed by atoms with Crippen molar-refractivity contribution in [2.75, 3.05) is 11.9 Å². The molecule has 1 fully saturated rings. The standard InChI is InChI=1S/C22H29N3O/c1-17-7-5-6-14-25(17)16-19-10-12-20(13-11-19)24-22(26)21(23)15-18-8-3-2-4-9-18/h2-4,8-13,17,21H,5-7,14-16,23H2,1H3,(H,24,26). The van der Waals surface area contributed by atoms with Gasteiger partial charge < -0.3 is 11.1 Å². The molecular formula is C22H29N3O. The molecule has 1 heterocycles. The average molecular weight is 351 g/mol. The molecule has 4 heteroatoms. The topological polar surface area (TPSA) is 58.4 Å². The van der Waals surface area contributed by atoms with E-state index < -0.39 is 6.04 Å². The molecule has 0 aromatic heterocycles. The number of amides is 1. The van der Waals surface area contributed by atoms with Gasteiger partial charge in [0.2, 0.25) is 5.91 Å². The molecule has 138 valence electrons. The number of benzene rings is 2. The first-order valence-electron chi connectivity index (χ1n) is 9.55. The molecule has 3 rings (SSSR count). The van der Waals surface area contributed by atoms with Gasteiger partial charge in [0.05, 0.1) is 6.04 Å². The summed E-state index contributed by atoms with van der Waals surface area (Å²) in [6.07, 6.45) is 4.45. The van der Waals surface area contributed by atoms with Crippen LogP contribution in [0.4, 0.5) is 5.69 Å². The number of likely N-dealkylation sites (tertiary alicyclic amines) is 1. The zero-order valence-electron chi connectivity index (χ0n) is 15.5. The first-order valence-corrected chi connectivity index (χ1v) is 9.55. The number of piperidine rings is 1. The van der Waals surface area contributed by atoms with Gasteiger partial charge >= 0.3 is 0 Å². The molecule has 1 aliphatic heterocycles. The van der Waals surface area contributed by atoms with E-state index in [0.29, 0.717) is 12.5 Å².